The molecule has 3 aromatic rings. The first-order chi connectivity index (χ1) is 9.16. The fourth-order valence-corrected chi connectivity index (χ4v) is 1.94. The van der Waals surface area contributed by atoms with Gasteiger partial charge in [-0.1, -0.05) is 11.6 Å². The molecule has 0 spiro atoms. The minimum absolute atomic E-state index is 0.223. The molecule has 1 N–H and O–H groups in total. The van der Waals surface area contributed by atoms with Crippen molar-refractivity contribution < 1.29 is 9.90 Å². The van der Waals surface area contributed by atoms with E-state index < -0.39 is 5.97 Å². The van der Waals surface area contributed by atoms with E-state index in [2.05, 4.69) is 15.0 Å². The van der Waals surface area contributed by atoms with Crippen LogP contribution in [0.4, 0.5) is 0 Å². The van der Waals surface area contributed by atoms with E-state index in [0.717, 1.165) is 5.69 Å². The van der Waals surface area contributed by atoms with E-state index in [4.69, 9.17) is 16.7 Å². The van der Waals surface area contributed by atoms with Gasteiger partial charge in [0.2, 0.25) is 0 Å². The average molecular weight is 275 g/mol. The van der Waals surface area contributed by atoms with Crippen LogP contribution in [0.3, 0.4) is 0 Å². The van der Waals surface area contributed by atoms with E-state index in [1.807, 2.05) is 0 Å². The molecule has 0 fully saturated rings. The van der Waals surface area contributed by atoms with Crippen molar-refractivity contribution in [3.63, 3.8) is 0 Å². The number of carboxylic acids is 1. The standard InChI is InChI=1S/C12H7ClN4O2/c13-10-9-11(15-5-14-10)17(6-16-9)8-3-1-7(2-4-8)12(18)19/h1-6H,(H,18,19). The largest absolute Gasteiger partial charge is 0.478 e. The lowest BCUT2D eigenvalue weighted by atomic mass is 10.2. The van der Waals surface area contributed by atoms with Crippen molar-refractivity contribution in [3.8, 4) is 5.69 Å². The topological polar surface area (TPSA) is 80.9 Å². The second-order valence-electron chi connectivity index (χ2n) is 3.80. The monoisotopic (exact) mass is 274 g/mol. The molecule has 0 amide bonds. The number of nitrogens with zero attached hydrogens (tertiary/aromatic N) is 4. The summed E-state index contributed by atoms with van der Waals surface area (Å²) in [4.78, 5) is 22.9. The lowest BCUT2D eigenvalue weighted by molar-refractivity contribution is 0.0697. The maximum atomic E-state index is 10.8. The summed E-state index contributed by atoms with van der Waals surface area (Å²) in [6, 6.07) is 6.40. The van der Waals surface area contributed by atoms with Gasteiger partial charge in [0.1, 0.15) is 18.2 Å². The number of imidazole rings is 1. The Balaban J connectivity index is 2.14. The second kappa shape index (κ2) is 4.33. The van der Waals surface area contributed by atoms with E-state index in [1.165, 1.54) is 18.5 Å². The lowest BCUT2D eigenvalue weighted by Gasteiger charge is -2.03. The third kappa shape index (κ3) is 1.92. The van der Waals surface area contributed by atoms with Crippen LogP contribution in [-0.2, 0) is 0 Å². The number of rotatable bonds is 2. The molecular formula is C12H7ClN4O2. The van der Waals surface area contributed by atoms with Crippen molar-refractivity contribution >= 4 is 28.7 Å². The number of hydrogen-bond acceptors (Lipinski definition) is 4. The fraction of sp³-hybridized carbons (Fsp3) is 0. The van der Waals surface area contributed by atoms with Crippen molar-refractivity contribution in [1.82, 2.24) is 19.5 Å². The Kier molecular flexibility index (Phi) is 2.64. The van der Waals surface area contributed by atoms with E-state index in [1.54, 1.807) is 23.0 Å². The maximum Gasteiger partial charge on any atom is 0.335 e. The zero-order valence-electron chi connectivity index (χ0n) is 9.49. The number of benzene rings is 1. The molecular weight excluding hydrogens is 268 g/mol. The first kappa shape index (κ1) is 11.6. The molecule has 7 heteroatoms. The minimum atomic E-state index is -0.965. The van der Waals surface area contributed by atoms with E-state index in [9.17, 15) is 4.79 Å². The SMILES string of the molecule is O=C(O)c1ccc(-n2cnc3c(Cl)ncnc32)cc1. The van der Waals surface area contributed by atoms with Gasteiger partial charge < -0.3 is 5.11 Å². The van der Waals surface area contributed by atoms with Crippen LogP contribution in [0.25, 0.3) is 16.9 Å². The third-order valence-electron chi connectivity index (χ3n) is 2.68. The van der Waals surface area contributed by atoms with Crippen LogP contribution in [0.1, 0.15) is 10.4 Å². The third-order valence-corrected chi connectivity index (χ3v) is 2.96. The van der Waals surface area contributed by atoms with Crippen molar-refractivity contribution in [2.75, 3.05) is 0 Å². The second-order valence-corrected chi connectivity index (χ2v) is 4.16. The summed E-state index contributed by atoms with van der Waals surface area (Å²) in [5, 5.41) is 9.14. The number of aromatic carboxylic acids is 1. The van der Waals surface area contributed by atoms with Gasteiger partial charge in [-0.2, -0.15) is 0 Å². The van der Waals surface area contributed by atoms with Gasteiger partial charge in [-0.15, -0.1) is 0 Å². The fourth-order valence-electron chi connectivity index (χ4n) is 1.76. The Morgan fingerprint density at radius 2 is 1.89 bits per heavy atom. The summed E-state index contributed by atoms with van der Waals surface area (Å²) in [5.74, 6) is -0.965. The molecule has 0 saturated carbocycles. The van der Waals surface area contributed by atoms with Crippen molar-refractivity contribution in [2.45, 2.75) is 0 Å². The zero-order chi connectivity index (χ0) is 13.4. The highest BCUT2D eigenvalue weighted by Gasteiger charge is 2.10. The summed E-state index contributed by atoms with van der Waals surface area (Å²) in [7, 11) is 0. The molecule has 0 bridgehead atoms. The Bertz CT molecular complexity index is 767. The molecule has 0 saturated heterocycles. The summed E-state index contributed by atoms with van der Waals surface area (Å²) in [5.41, 5.74) is 2.05. The minimum Gasteiger partial charge on any atom is -0.478 e. The van der Waals surface area contributed by atoms with Crippen LogP contribution >= 0.6 is 11.6 Å². The van der Waals surface area contributed by atoms with Crippen LogP contribution < -0.4 is 0 Å². The molecule has 0 aliphatic rings. The summed E-state index contributed by atoms with van der Waals surface area (Å²) >= 11 is 5.92. The molecule has 0 atom stereocenters. The van der Waals surface area contributed by atoms with Gasteiger partial charge in [-0.3, -0.25) is 4.57 Å². The zero-order valence-corrected chi connectivity index (χ0v) is 10.2. The first-order valence-corrected chi connectivity index (χ1v) is 5.72. The predicted octanol–water partition coefficient (Wildman–Crippen LogP) is 2.17. The Hall–Kier alpha value is -2.47. The number of carbonyl (C=O) groups is 1. The van der Waals surface area contributed by atoms with Crippen LogP contribution in [0.5, 0.6) is 0 Å². The predicted molar refractivity (Wildman–Crippen MR) is 68.6 cm³/mol. The lowest BCUT2D eigenvalue weighted by Crippen LogP contribution is -1.98. The van der Waals surface area contributed by atoms with E-state index in [0.29, 0.717) is 11.2 Å². The summed E-state index contributed by atoms with van der Waals surface area (Å²) < 4.78 is 1.72. The summed E-state index contributed by atoms with van der Waals surface area (Å²) in [6.45, 7) is 0. The Morgan fingerprint density at radius 1 is 1.16 bits per heavy atom. The molecule has 6 nitrogen and oxygen atoms in total. The highest BCUT2D eigenvalue weighted by atomic mass is 35.5. The molecule has 1 aromatic carbocycles. The normalized spacial score (nSPS) is 10.8. The molecule has 0 aliphatic heterocycles. The van der Waals surface area contributed by atoms with Crippen LogP contribution in [0, 0.1) is 0 Å². The van der Waals surface area contributed by atoms with E-state index >= 15 is 0 Å². The molecule has 94 valence electrons. The van der Waals surface area contributed by atoms with Crippen molar-refractivity contribution in [2.24, 2.45) is 0 Å². The quantitative estimate of drug-likeness (QED) is 0.724. The number of carboxylic acid groups (broad SMARTS) is 1. The molecule has 19 heavy (non-hydrogen) atoms. The van der Waals surface area contributed by atoms with Crippen LogP contribution in [0.2, 0.25) is 5.15 Å². The Labute approximate surface area is 112 Å². The highest BCUT2D eigenvalue weighted by molar-refractivity contribution is 6.33. The molecule has 2 heterocycles. The molecule has 0 radical (unpaired) electrons. The summed E-state index contributed by atoms with van der Waals surface area (Å²) in [6.07, 6.45) is 2.93. The van der Waals surface area contributed by atoms with E-state index in [-0.39, 0.29) is 10.7 Å². The Morgan fingerprint density at radius 3 is 2.58 bits per heavy atom. The molecule has 3 rings (SSSR count). The van der Waals surface area contributed by atoms with Gasteiger partial charge in [-0.25, -0.2) is 19.7 Å². The highest BCUT2D eigenvalue weighted by Crippen LogP contribution is 2.20. The van der Waals surface area contributed by atoms with Crippen molar-refractivity contribution in [1.29, 1.82) is 0 Å². The maximum absolute atomic E-state index is 10.8. The molecule has 0 unspecified atom stereocenters. The van der Waals surface area contributed by atoms with Crippen LogP contribution in [-0.4, -0.2) is 30.6 Å². The van der Waals surface area contributed by atoms with Gasteiger partial charge in [0, 0.05) is 5.69 Å². The van der Waals surface area contributed by atoms with Crippen molar-refractivity contribution in [3.05, 3.63) is 47.6 Å². The number of fused-ring (bicyclic) bond motifs is 1. The number of hydrogen-bond donors (Lipinski definition) is 1. The smallest absolute Gasteiger partial charge is 0.335 e. The number of aromatic nitrogens is 4. The van der Waals surface area contributed by atoms with Gasteiger partial charge in [0.15, 0.2) is 10.8 Å². The first-order valence-electron chi connectivity index (χ1n) is 5.34. The van der Waals surface area contributed by atoms with Gasteiger partial charge >= 0.3 is 5.97 Å². The number of halogens is 1. The molecule has 2 aromatic heterocycles. The average Bonchev–Trinajstić information content (AvgIpc) is 2.84. The van der Waals surface area contributed by atoms with Gasteiger partial charge in [0.05, 0.1) is 5.56 Å². The van der Waals surface area contributed by atoms with Gasteiger partial charge in [-0.05, 0) is 24.3 Å². The van der Waals surface area contributed by atoms with Gasteiger partial charge in [0.25, 0.3) is 0 Å². The van der Waals surface area contributed by atoms with Crippen LogP contribution in [0.15, 0.2) is 36.9 Å². The molecule has 0 aliphatic carbocycles.